The molecule has 3 nitrogen and oxygen atoms in total. The maximum Gasteiger partial charge on any atom is 0.0716 e. The molecule has 0 bridgehead atoms. The van der Waals surface area contributed by atoms with Gasteiger partial charge in [-0.3, -0.25) is 0 Å². The van der Waals surface area contributed by atoms with Crippen LogP contribution in [0.5, 0.6) is 0 Å². The Hall–Kier alpha value is -1.35. The molecule has 15 heavy (non-hydrogen) atoms. The van der Waals surface area contributed by atoms with E-state index in [0.29, 0.717) is 6.61 Å². The topological polar surface area (TPSA) is 47.6 Å². The zero-order chi connectivity index (χ0) is 10.9. The van der Waals surface area contributed by atoms with E-state index < -0.39 is 0 Å². The van der Waals surface area contributed by atoms with E-state index >= 15 is 0 Å². The van der Waals surface area contributed by atoms with E-state index in [2.05, 4.69) is 12.0 Å². The van der Waals surface area contributed by atoms with Crippen molar-refractivity contribution in [1.29, 1.82) is 0 Å². The molecule has 0 aliphatic carbocycles. The molecule has 0 aliphatic rings. The molecule has 0 fully saturated rings. The smallest absolute Gasteiger partial charge is 0.0716 e. The lowest BCUT2D eigenvalue weighted by Gasteiger charge is -2.03. The van der Waals surface area contributed by atoms with Crippen molar-refractivity contribution in [2.24, 2.45) is 10.9 Å². The Morgan fingerprint density at radius 1 is 1.33 bits per heavy atom. The van der Waals surface area contributed by atoms with E-state index in [1.807, 2.05) is 24.3 Å². The van der Waals surface area contributed by atoms with Crippen molar-refractivity contribution in [2.75, 3.05) is 6.61 Å². The van der Waals surface area contributed by atoms with Gasteiger partial charge < -0.3 is 10.6 Å². The normalized spacial score (nSPS) is 11.0. The monoisotopic (exact) mass is 206 g/mol. The van der Waals surface area contributed by atoms with Crippen molar-refractivity contribution in [2.45, 2.75) is 26.4 Å². The van der Waals surface area contributed by atoms with E-state index in [9.17, 15) is 0 Å². The first-order valence-electron chi connectivity index (χ1n) is 5.26. The number of ether oxygens (including phenoxy) is 1. The third-order valence-corrected chi connectivity index (χ3v) is 2.11. The Kier molecular flexibility index (Phi) is 5.48. The molecule has 0 atom stereocenters. The summed E-state index contributed by atoms with van der Waals surface area (Å²) in [5.74, 6) is 5.06. The van der Waals surface area contributed by atoms with Gasteiger partial charge >= 0.3 is 0 Å². The van der Waals surface area contributed by atoms with Crippen molar-refractivity contribution in [1.82, 2.24) is 0 Å². The minimum Gasteiger partial charge on any atom is -0.377 e. The zero-order valence-corrected chi connectivity index (χ0v) is 9.15. The molecule has 2 N–H and O–H groups in total. The van der Waals surface area contributed by atoms with Gasteiger partial charge in [-0.05, 0) is 17.5 Å². The molecule has 0 spiro atoms. The average Bonchev–Trinajstić information content (AvgIpc) is 2.27. The Bertz CT molecular complexity index is 293. The van der Waals surface area contributed by atoms with Crippen LogP contribution >= 0.6 is 0 Å². The van der Waals surface area contributed by atoms with Gasteiger partial charge in [0.05, 0.1) is 12.8 Å². The minimum atomic E-state index is 0.681. The molecule has 0 amide bonds. The Labute approximate surface area is 90.9 Å². The van der Waals surface area contributed by atoms with Crippen LogP contribution in [0.1, 0.15) is 30.9 Å². The van der Waals surface area contributed by atoms with Gasteiger partial charge in [0.15, 0.2) is 0 Å². The van der Waals surface area contributed by atoms with Gasteiger partial charge in [0, 0.05) is 6.61 Å². The summed E-state index contributed by atoms with van der Waals surface area (Å²) in [5.41, 5.74) is 2.19. The van der Waals surface area contributed by atoms with Crippen LogP contribution in [0.4, 0.5) is 0 Å². The quantitative estimate of drug-likeness (QED) is 0.336. The molecule has 1 aromatic carbocycles. The van der Waals surface area contributed by atoms with Crippen LogP contribution in [-0.4, -0.2) is 12.8 Å². The van der Waals surface area contributed by atoms with Crippen molar-refractivity contribution >= 4 is 6.21 Å². The van der Waals surface area contributed by atoms with Crippen LogP contribution in [0, 0.1) is 0 Å². The summed E-state index contributed by atoms with van der Waals surface area (Å²) in [6.07, 6.45) is 3.92. The fourth-order valence-corrected chi connectivity index (χ4v) is 1.22. The summed E-state index contributed by atoms with van der Waals surface area (Å²) in [4.78, 5) is 0. The van der Waals surface area contributed by atoms with Gasteiger partial charge in [0.2, 0.25) is 0 Å². The molecule has 3 heteroatoms. The lowest BCUT2D eigenvalue weighted by molar-refractivity contribution is 0.118. The number of hydrazone groups is 1. The molecule has 0 radical (unpaired) electrons. The van der Waals surface area contributed by atoms with Gasteiger partial charge in [-0.15, -0.1) is 0 Å². The van der Waals surface area contributed by atoms with Gasteiger partial charge in [0.1, 0.15) is 0 Å². The van der Waals surface area contributed by atoms with Crippen LogP contribution in [0.25, 0.3) is 0 Å². The van der Waals surface area contributed by atoms with Gasteiger partial charge in [-0.1, -0.05) is 37.6 Å². The van der Waals surface area contributed by atoms with E-state index in [4.69, 9.17) is 10.6 Å². The SMILES string of the molecule is CCCCOCc1ccc(C=NN)cc1. The molecule has 0 heterocycles. The highest BCUT2D eigenvalue weighted by molar-refractivity contribution is 5.79. The molecule has 0 saturated heterocycles. The summed E-state index contributed by atoms with van der Waals surface area (Å²) in [6, 6.07) is 8.02. The number of hydrogen-bond acceptors (Lipinski definition) is 3. The van der Waals surface area contributed by atoms with Crippen molar-refractivity contribution in [3.8, 4) is 0 Å². The van der Waals surface area contributed by atoms with Crippen LogP contribution < -0.4 is 5.84 Å². The predicted molar refractivity (Wildman–Crippen MR) is 62.8 cm³/mol. The first-order chi connectivity index (χ1) is 7.36. The Morgan fingerprint density at radius 2 is 2.07 bits per heavy atom. The highest BCUT2D eigenvalue weighted by atomic mass is 16.5. The number of nitrogens with two attached hydrogens (primary N) is 1. The molecular weight excluding hydrogens is 188 g/mol. The van der Waals surface area contributed by atoms with E-state index in [1.165, 1.54) is 12.0 Å². The van der Waals surface area contributed by atoms with Crippen LogP contribution in [0.3, 0.4) is 0 Å². The first-order valence-corrected chi connectivity index (χ1v) is 5.26. The van der Waals surface area contributed by atoms with Crippen LogP contribution in [0.15, 0.2) is 29.4 Å². The second-order valence-electron chi connectivity index (χ2n) is 3.43. The zero-order valence-electron chi connectivity index (χ0n) is 9.15. The third kappa shape index (κ3) is 4.61. The first kappa shape index (κ1) is 11.7. The number of benzene rings is 1. The second-order valence-corrected chi connectivity index (χ2v) is 3.43. The number of unbranched alkanes of at least 4 members (excludes halogenated alkanes) is 1. The number of nitrogens with zero attached hydrogens (tertiary/aromatic N) is 1. The molecule has 82 valence electrons. The maximum absolute atomic E-state index is 5.50. The Morgan fingerprint density at radius 3 is 2.67 bits per heavy atom. The van der Waals surface area contributed by atoms with E-state index in [0.717, 1.165) is 18.6 Å². The second kappa shape index (κ2) is 7.01. The van der Waals surface area contributed by atoms with Crippen LogP contribution in [-0.2, 0) is 11.3 Å². The molecule has 0 unspecified atom stereocenters. The molecule has 0 saturated carbocycles. The fraction of sp³-hybridized carbons (Fsp3) is 0.417. The van der Waals surface area contributed by atoms with Gasteiger partial charge in [-0.25, -0.2) is 0 Å². The highest BCUT2D eigenvalue weighted by Gasteiger charge is 1.93. The number of hydrogen-bond donors (Lipinski definition) is 1. The molecular formula is C12H18N2O. The lowest BCUT2D eigenvalue weighted by atomic mass is 10.1. The summed E-state index contributed by atoms with van der Waals surface area (Å²) in [7, 11) is 0. The molecule has 0 aromatic heterocycles. The number of rotatable bonds is 6. The molecule has 1 aromatic rings. The molecule has 1 rings (SSSR count). The summed E-state index contributed by atoms with van der Waals surface area (Å²) in [6.45, 7) is 3.67. The standard InChI is InChI=1S/C12H18N2O/c1-2-3-8-15-10-12-6-4-11(5-7-12)9-14-13/h4-7,9H,2-3,8,10,13H2,1H3. The fourth-order valence-electron chi connectivity index (χ4n) is 1.22. The highest BCUT2D eigenvalue weighted by Crippen LogP contribution is 2.04. The maximum atomic E-state index is 5.50. The van der Waals surface area contributed by atoms with E-state index in [1.54, 1.807) is 6.21 Å². The van der Waals surface area contributed by atoms with Crippen molar-refractivity contribution < 1.29 is 4.74 Å². The summed E-state index contributed by atoms with van der Waals surface area (Å²) >= 11 is 0. The summed E-state index contributed by atoms with van der Waals surface area (Å²) < 4.78 is 5.50. The average molecular weight is 206 g/mol. The van der Waals surface area contributed by atoms with Crippen molar-refractivity contribution in [3.05, 3.63) is 35.4 Å². The third-order valence-electron chi connectivity index (χ3n) is 2.11. The lowest BCUT2D eigenvalue weighted by Crippen LogP contribution is -1.95. The summed E-state index contributed by atoms with van der Waals surface area (Å²) in [5, 5.41) is 3.47. The van der Waals surface area contributed by atoms with Gasteiger partial charge in [0.25, 0.3) is 0 Å². The predicted octanol–water partition coefficient (Wildman–Crippen LogP) is 2.30. The van der Waals surface area contributed by atoms with E-state index in [-0.39, 0.29) is 0 Å². The van der Waals surface area contributed by atoms with Crippen molar-refractivity contribution in [3.63, 3.8) is 0 Å². The minimum absolute atomic E-state index is 0.681. The molecule has 0 aliphatic heterocycles. The Balaban J connectivity index is 2.36. The van der Waals surface area contributed by atoms with Crippen LogP contribution in [0.2, 0.25) is 0 Å². The largest absolute Gasteiger partial charge is 0.377 e. The van der Waals surface area contributed by atoms with Gasteiger partial charge in [-0.2, -0.15) is 5.10 Å².